The lowest BCUT2D eigenvalue weighted by Gasteiger charge is -2.13. The van der Waals surface area contributed by atoms with Crippen molar-refractivity contribution in [2.45, 2.75) is 31.1 Å². The molecule has 0 saturated carbocycles. The summed E-state index contributed by atoms with van der Waals surface area (Å²) in [6, 6.07) is 8.92. The Morgan fingerprint density at radius 2 is 1.76 bits per heavy atom. The predicted octanol–water partition coefficient (Wildman–Crippen LogP) is 3.50. The monoisotopic (exact) mass is 400 g/mol. The molecule has 2 rings (SSSR count). The van der Waals surface area contributed by atoms with Crippen molar-refractivity contribution in [1.29, 1.82) is 0 Å². The van der Waals surface area contributed by atoms with Gasteiger partial charge in [0, 0.05) is 11.3 Å². The van der Waals surface area contributed by atoms with E-state index in [0.717, 1.165) is 37.0 Å². The maximum Gasteiger partial charge on any atom is 0.263 e. The molecule has 25 heavy (non-hydrogen) atoms. The number of aryl methyl sites for hydroxylation is 1. The summed E-state index contributed by atoms with van der Waals surface area (Å²) in [5, 5.41) is 10.7. The summed E-state index contributed by atoms with van der Waals surface area (Å²) in [7, 11) is -4.08. The van der Waals surface area contributed by atoms with Gasteiger partial charge in [0.2, 0.25) is 0 Å². The fourth-order valence-electron chi connectivity index (χ4n) is 2.22. The Kier molecular flexibility index (Phi) is 6.32. The molecule has 1 N–H and O–H groups in total. The molecule has 0 spiro atoms. The van der Waals surface area contributed by atoms with Crippen molar-refractivity contribution in [2.24, 2.45) is 0 Å². The summed E-state index contributed by atoms with van der Waals surface area (Å²) in [6.45, 7) is 2.10. The number of anilines is 1. The Bertz CT molecular complexity index is 880. The zero-order chi connectivity index (χ0) is 18.6. The van der Waals surface area contributed by atoms with Crippen LogP contribution in [0, 0.1) is 0 Å². The number of carbonyl (C=O) groups excluding carboxylic acids is 1. The van der Waals surface area contributed by atoms with Crippen LogP contribution in [0.25, 0.3) is 0 Å². The molecule has 0 aliphatic carbocycles. The van der Waals surface area contributed by atoms with Crippen LogP contribution in [-0.2, 0) is 16.4 Å². The van der Waals surface area contributed by atoms with Gasteiger partial charge in [-0.15, -0.1) is 0 Å². The summed E-state index contributed by atoms with van der Waals surface area (Å²) in [6.07, 6.45) is 3.04. The van der Waals surface area contributed by atoms with Crippen molar-refractivity contribution in [1.82, 2.24) is 0 Å². The second kappa shape index (κ2) is 8.08. The van der Waals surface area contributed by atoms with Crippen molar-refractivity contribution >= 4 is 44.9 Å². The SMILES string of the molecule is CCCCc1ccc(NS(=O)(=O)c2cc(C(=O)[O-])c(Cl)cc2Cl)cc1. The third-order valence-electron chi connectivity index (χ3n) is 3.56. The Hall–Kier alpha value is -1.76. The van der Waals surface area contributed by atoms with Crippen LogP contribution in [-0.4, -0.2) is 14.4 Å². The quantitative estimate of drug-likeness (QED) is 0.770. The van der Waals surface area contributed by atoms with Gasteiger partial charge in [0.15, 0.2) is 0 Å². The number of sulfonamides is 1. The maximum absolute atomic E-state index is 12.5. The molecular weight excluding hydrogens is 385 g/mol. The van der Waals surface area contributed by atoms with E-state index in [-0.39, 0.29) is 14.9 Å². The van der Waals surface area contributed by atoms with Crippen LogP contribution < -0.4 is 9.83 Å². The first-order valence-electron chi connectivity index (χ1n) is 7.56. The van der Waals surface area contributed by atoms with Crippen LogP contribution in [0.2, 0.25) is 10.0 Å². The molecule has 0 aromatic heterocycles. The van der Waals surface area contributed by atoms with E-state index in [1.165, 1.54) is 0 Å². The number of rotatable bonds is 7. The third-order valence-corrected chi connectivity index (χ3v) is 5.71. The highest BCUT2D eigenvalue weighted by Crippen LogP contribution is 2.29. The highest BCUT2D eigenvalue weighted by Gasteiger charge is 2.21. The molecule has 0 unspecified atom stereocenters. The van der Waals surface area contributed by atoms with E-state index >= 15 is 0 Å². The molecule has 2 aromatic rings. The number of unbranched alkanes of at least 4 members (excludes halogenated alkanes) is 1. The molecule has 0 aliphatic rings. The van der Waals surface area contributed by atoms with Gasteiger partial charge in [-0.2, -0.15) is 0 Å². The van der Waals surface area contributed by atoms with E-state index in [9.17, 15) is 18.3 Å². The molecule has 0 radical (unpaired) electrons. The molecule has 5 nitrogen and oxygen atoms in total. The number of nitrogens with one attached hydrogen (secondary N) is 1. The van der Waals surface area contributed by atoms with Crippen molar-refractivity contribution in [3.05, 3.63) is 57.6 Å². The Morgan fingerprint density at radius 1 is 1.12 bits per heavy atom. The van der Waals surface area contributed by atoms with Gasteiger partial charge in [-0.05, 0) is 42.7 Å². The van der Waals surface area contributed by atoms with E-state index in [4.69, 9.17) is 23.2 Å². The van der Waals surface area contributed by atoms with Gasteiger partial charge in [-0.25, -0.2) is 8.42 Å². The van der Waals surface area contributed by atoms with E-state index in [0.29, 0.717) is 5.69 Å². The largest absolute Gasteiger partial charge is 0.545 e. The summed E-state index contributed by atoms with van der Waals surface area (Å²) in [4.78, 5) is 10.7. The highest BCUT2D eigenvalue weighted by molar-refractivity contribution is 7.92. The summed E-state index contributed by atoms with van der Waals surface area (Å²) in [5.74, 6) is -1.58. The topological polar surface area (TPSA) is 86.3 Å². The molecule has 8 heteroatoms. The predicted molar refractivity (Wildman–Crippen MR) is 96.7 cm³/mol. The Morgan fingerprint density at radius 3 is 2.32 bits per heavy atom. The number of hydrogen-bond acceptors (Lipinski definition) is 4. The maximum atomic E-state index is 12.5. The fraction of sp³-hybridized carbons (Fsp3) is 0.235. The number of halogens is 2. The summed E-state index contributed by atoms with van der Waals surface area (Å²) in [5.41, 5.74) is 1.01. The normalized spacial score (nSPS) is 11.3. The minimum atomic E-state index is -4.08. The van der Waals surface area contributed by atoms with Crippen LogP contribution in [0.5, 0.6) is 0 Å². The smallest absolute Gasteiger partial charge is 0.263 e. The highest BCUT2D eigenvalue weighted by atomic mass is 35.5. The first-order valence-corrected chi connectivity index (χ1v) is 9.80. The lowest BCUT2D eigenvalue weighted by atomic mass is 10.1. The third kappa shape index (κ3) is 4.87. The van der Waals surface area contributed by atoms with Crippen LogP contribution in [0.1, 0.15) is 35.7 Å². The van der Waals surface area contributed by atoms with Gasteiger partial charge in [0.05, 0.1) is 16.0 Å². The summed E-state index contributed by atoms with van der Waals surface area (Å²) >= 11 is 11.7. The molecule has 0 atom stereocenters. The van der Waals surface area contributed by atoms with Crippen molar-refractivity contribution < 1.29 is 18.3 Å². The average molecular weight is 401 g/mol. The molecule has 0 bridgehead atoms. The van der Waals surface area contributed by atoms with Crippen LogP contribution in [0.15, 0.2) is 41.3 Å². The molecule has 0 heterocycles. The van der Waals surface area contributed by atoms with Gasteiger partial charge in [0.1, 0.15) is 4.90 Å². The van der Waals surface area contributed by atoms with E-state index < -0.39 is 21.6 Å². The number of hydrogen-bond donors (Lipinski definition) is 1. The van der Waals surface area contributed by atoms with Gasteiger partial charge in [-0.1, -0.05) is 48.7 Å². The van der Waals surface area contributed by atoms with Gasteiger partial charge in [-0.3, -0.25) is 4.72 Å². The molecular formula is C17H16Cl2NO4S-. The zero-order valence-corrected chi connectivity index (χ0v) is 15.7. The van der Waals surface area contributed by atoms with Crippen LogP contribution in [0.3, 0.4) is 0 Å². The Balaban J connectivity index is 2.30. The van der Waals surface area contributed by atoms with Crippen molar-refractivity contribution in [3.8, 4) is 0 Å². The molecule has 2 aromatic carbocycles. The van der Waals surface area contributed by atoms with Gasteiger partial charge < -0.3 is 9.90 Å². The standard InChI is InChI=1S/C17H17Cl2NO4S/c1-2-3-4-11-5-7-12(8-6-11)20-25(23,24)16-9-13(17(21)22)14(18)10-15(16)19/h5-10,20H,2-4H2,1H3,(H,21,22)/p-1. The number of aromatic carboxylic acids is 1. The van der Waals surface area contributed by atoms with Gasteiger partial charge >= 0.3 is 0 Å². The molecule has 0 saturated heterocycles. The number of carbonyl (C=O) groups is 1. The summed E-state index contributed by atoms with van der Waals surface area (Å²) < 4.78 is 27.4. The second-order valence-electron chi connectivity index (χ2n) is 5.46. The minimum Gasteiger partial charge on any atom is -0.545 e. The Labute approximate surface area is 156 Å². The van der Waals surface area contributed by atoms with Crippen molar-refractivity contribution in [3.63, 3.8) is 0 Å². The lowest BCUT2D eigenvalue weighted by molar-refractivity contribution is -0.255. The van der Waals surface area contributed by atoms with Crippen LogP contribution >= 0.6 is 23.2 Å². The lowest BCUT2D eigenvalue weighted by Crippen LogP contribution is -2.23. The number of carboxylic acids is 1. The average Bonchev–Trinajstić information content (AvgIpc) is 2.53. The van der Waals surface area contributed by atoms with Crippen molar-refractivity contribution in [2.75, 3.05) is 4.72 Å². The van der Waals surface area contributed by atoms with E-state index in [1.807, 2.05) is 12.1 Å². The minimum absolute atomic E-state index is 0.179. The molecule has 0 fully saturated rings. The van der Waals surface area contributed by atoms with Gasteiger partial charge in [0.25, 0.3) is 10.0 Å². The first kappa shape index (κ1) is 19.6. The second-order valence-corrected chi connectivity index (χ2v) is 7.92. The molecule has 0 amide bonds. The van der Waals surface area contributed by atoms with E-state index in [1.54, 1.807) is 12.1 Å². The fourth-order valence-corrected chi connectivity index (χ4v) is 4.13. The first-order chi connectivity index (χ1) is 11.7. The van der Waals surface area contributed by atoms with E-state index in [2.05, 4.69) is 11.6 Å². The molecule has 134 valence electrons. The van der Waals surface area contributed by atoms with Crippen LogP contribution in [0.4, 0.5) is 5.69 Å². The number of carboxylic acid groups (broad SMARTS) is 1. The zero-order valence-electron chi connectivity index (χ0n) is 13.4. The molecule has 0 aliphatic heterocycles. The number of benzene rings is 2.